The van der Waals surface area contributed by atoms with Gasteiger partial charge in [-0.15, -0.1) is 0 Å². The van der Waals surface area contributed by atoms with Gasteiger partial charge >= 0.3 is 0 Å². The zero-order chi connectivity index (χ0) is 13.6. The lowest BCUT2D eigenvalue weighted by Crippen LogP contribution is -1.85. The minimum Gasteiger partial charge on any atom is -0.497 e. The van der Waals surface area contributed by atoms with E-state index < -0.39 is 0 Å². The molecule has 2 heteroatoms. The largest absolute Gasteiger partial charge is 0.497 e. The highest BCUT2D eigenvalue weighted by molar-refractivity contribution is 7.79. The molecule has 0 bridgehead atoms. The van der Waals surface area contributed by atoms with E-state index in [0.717, 1.165) is 5.75 Å². The molecule has 0 fully saturated rings. The standard InChI is InChI=1S/C9H12O.2C2H6.CH4S/c1-7-4-5-9(10-3)6-8(7)2;3*1-2/h4-6H,1-3H3;2*1-2H3;2H,1H3. The van der Waals surface area contributed by atoms with Crippen LogP contribution >= 0.6 is 12.6 Å². The maximum Gasteiger partial charge on any atom is 0.119 e. The molecule has 0 atom stereocenters. The summed E-state index contributed by atoms with van der Waals surface area (Å²) in [6.07, 6.45) is 1.69. The summed E-state index contributed by atoms with van der Waals surface area (Å²) in [4.78, 5) is 0. The first-order valence-electron chi connectivity index (χ1n) is 5.80. The normalized spacial score (nSPS) is 7.06. The van der Waals surface area contributed by atoms with Gasteiger partial charge in [0.15, 0.2) is 0 Å². The molecule has 0 unspecified atom stereocenters. The van der Waals surface area contributed by atoms with Crippen LogP contribution in [0.5, 0.6) is 5.75 Å². The van der Waals surface area contributed by atoms with Crippen LogP contribution < -0.4 is 4.74 Å². The van der Waals surface area contributed by atoms with Crippen molar-refractivity contribution in [2.45, 2.75) is 41.5 Å². The van der Waals surface area contributed by atoms with E-state index in [4.69, 9.17) is 4.74 Å². The molecular weight excluding hydrogens is 216 g/mol. The number of aryl methyl sites for hydroxylation is 2. The number of ether oxygens (including phenoxy) is 1. The predicted molar refractivity (Wildman–Crippen MR) is 80.1 cm³/mol. The summed E-state index contributed by atoms with van der Waals surface area (Å²) in [7, 11) is 1.68. The molecular formula is C14H28OS. The lowest BCUT2D eigenvalue weighted by atomic mass is 10.1. The van der Waals surface area contributed by atoms with Gasteiger partial charge in [-0.1, -0.05) is 33.8 Å². The molecule has 0 saturated heterocycles. The minimum absolute atomic E-state index is 0.933. The molecule has 0 aliphatic carbocycles. The number of hydrogen-bond acceptors (Lipinski definition) is 2. The number of rotatable bonds is 1. The van der Waals surface area contributed by atoms with Crippen molar-refractivity contribution in [1.82, 2.24) is 0 Å². The summed E-state index contributed by atoms with van der Waals surface area (Å²) in [5, 5.41) is 0. The molecule has 0 aromatic heterocycles. The summed E-state index contributed by atoms with van der Waals surface area (Å²) in [6, 6.07) is 6.08. The number of benzene rings is 1. The van der Waals surface area contributed by atoms with E-state index in [1.807, 2.05) is 39.8 Å². The zero-order valence-electron chi connectivity index (χ0n) is 12.1. The molecule has 0 amide bonds. The van der Waals surface area contributed by atoms with Crippen molar-refractivity contribution in [3.63, 3.8) is 0 Å². The number of methoxy groups -OCH3 is 1. The van der Waals surface area contributed by atoms with Crippen molar-refractivity contribution in [3.05, 3.63) is 29.3 Å². The van der Waals surface area contributed by atoms with E-state index in [0.29, 0.717) is 0 Å². The van der Waals surface area contributed by atoms with Crippen LogP contribution in [0.15, 0.2) is 18.2 Å². The number of hydrogen-bond donors (Lipinski definition) is 1. The maximum atomic E-state index is 5.05. The zero-order valence-corrected chi connectivity index (χ0v) is 13.0. The Morgan fingerprint density at radius 1 is 0.875 bits per heavy atom. The SMILES string of the molecule is CC.CC.COc1ccc(C)c(C)c1.CS. The molecule has 0 aliphatic heterocycles. The van der Waals surface area contributed by atoms with Gasteiger partial charge in [-0.25, -0.2) is 0 Å². The number of thiol groups is 1. The molecule has 1 aromatic carbocycles. The van der Waals surface area contributed by atoms with E-state index in [-0.39, 0.29) is 0 Å². The smallest absolute Gasteiger partial charge is 0.119 e. The Morgan fingerprint density at radius 2 is 1.31 bits per heavy atom. The van der Waals surface area contributed by atoms with Crippen LogP contribution in [0.1, 0.15) is 38.8 Å². The van der Waals surface area contributed by atoms with Crippen molar-refractivity contribution in [2.24, 2.45) is 0 Å². The van der Waals surface area contributed by atoms with Crippen LogP contribution in [0.25, 0.3) is 0 Å². The monoisotopic (exact) mass is 244 g/mol. The molecule has 96 valence electrons. The Morgan fingerprint density at radius 3 is 1.62 bits per heavy atom. The predicted octanol–water partition coefficient (Wildman–Crippen LogP) is 4.91. The Balaban J connectivity index is -0.000000245. The fourth-order valence-corrected chi connectivity index (χ4v) is 0.841. The van der Waals surface area contributed by atoms with Gasteiger partial charge in [0.2, 0.25) is 0 Å². The van der Waals surface area contributed by atoms with Crippen LogP contribution in [-0.4, -0.2) is 13.4 Å². The summed E-state index contributed by atoms with van der Waals surface area (Å²) >= 11 is 3.53. The average Bonchev–Trinajstić information content (AvgIpc) is 2.40. The lowest BCUT2D eigenvalue weighted by molar-refractivity contribution is 0.414. The molecule has 1 rings (SSSR count). The van der Waals surface area contributed by atoms with Gasteiger partial charge in [-0.05, 0) is 43.4 Å². The quantitative estimate of drug-likeness (QED) is 0.691. The first-order valence-corrected chi connectivity index (χ1v) is 6.69. The summed E-state index contributed by atoms with van der Waals surface area (Å²) in [5.41, 5.74) is 2.58. The highest BCUT2D eigenvalue weighted by Gasteiger charge is 1.93. The lowest BCUT2D eigenvalue weighted by Gasteiger charge is -2.02. The molecule has 0 N–H and O–H groups in total. The van der Waals surface area contributed by atoms with Gasteiger partial charge in [0.25, 0.3) is 0 Å². The summed E-state index contributed by atoms with van der Waals surface area (Å²) < 4.78 is 5.05. The fraction of sp³-hybridized carbons (Fsp3) is 0.571. The van der Waals surface area contributed by atoms with Gasteiger partial charge in [0.05, 0.1) is 7.11 Å². The molecule has 1 aromatic rings. The Bertz CT molecular complexity index is 234. The molecule has 1 nitrogen and oxygen atoms in total. The topological polar surface area (TPSA) is 9.23 Å². The third-order valence-electron chi connectivity index (χ3n) is 1.71. The van der Waals surface area contributed by atoms with Gasteiger partial charge in [-0.3, -0.25) is 0 Å². The fourth-order valence-electron chi connectivity index (χ4n) is 0.841. The van der Waals surface area contributed by atoms with Crippen molar-refractivity contribution in [3.8, 4) is 5.75 Å². The van der Waals surface area contributed by atoms with Gasteiger partial charge in [0, 0.05) is 0 Å². The second-order valence-electron chi connectivity index (χ2n) is 2.45. The van der Waals surface area contributed by atoms with Crippen LogP contribution in [0.4, 0.5) is 0 Å². The second-order valence-corrected chi connectivity index (χ2v) is 2.45. The maximum absolute atomic E-state index is 5.05. The Kier molecular flexibility index (Phi) is 21.8. The molecule has 0 radical (unpaired) electrons. The first kappa shape index (κ1) is 20.7. The highest BCUT2D eigenvalue weighted by atomic mass is 32.1. The van der Waals surface area contributed by atoms with Crippen LogP contribution in [0.2, 0.25) is 0 Å². The van der Waals surface area contributed by atoms with Crippen LogP contribution in [-0.2, 0) is 0 Å². The first-order chi connectivity index (χ1) is 7.74. The van der Waals surface area contributed by atoms with E-state index in [2.05, 4.69) is 32.5 Å². The summed E-state index contributed by atoms with van der Waals surface area (Å²) in [6.45, 7) is 12.2. The third kappa shape index (κ3) is 9.91. The third-order valence-corrected chi connectivity index (χ3v) is 1.71. The van der Waals surface area contributed by atoms with Gasteiger partial charge in [-0.2, -0.15) is 12.6 Å². The Labute approximate surface area is 108 Å². The van der Waals surface area contributed by atoms with Crippen molar-refractivity contribution >= 4 is 12.6 Å². The molecule has 0 heterocycles. The van der Waals surface area contributed by atoms with Crippen molar-refractivity contribution in [1.29, 1.82) is 0 Å². The van der Waals surface area contributed by atoms with E-state index in [9.17, 15) is 0 Å². The second kappa shape index (κ2) is 16.8. The van der Waals surface area contributed by atoms with Gasteiger partial charge < -0.3 is 4.74 Å². The van der Waals surface area contributed by atoms with Crippen molar-refractivity contribution < 1.29 is 4.74 Å². The Hall–Kier alpha value is -0.630. The van der Waals surface area contributed by atoms with E-state index >= 15 is 0 Å². The van der Waals surface area contributed by atoms with Gasteiger partial charge in [0.1, 0.15) is 5.75 Å². The summed E-state index contributed by atoms with van der Waals surface area (Å²) in [5.74, 6) is 0.933. The molecule has 16 heavy (non-hydrogen) atoms. The minimum atomic E-state index is 0.933. The molecule has 0 saturated carbocycles. The average molecular weight is 244 g/mol. The highest BCUT2D eigenvalue weighted by Crippen LogP contribution is 2.15. The van der Waals surface area contributed by atoms with E-state index in [1.54, 1.807) is 13.4 Å². The van der Waals surface area contributed by atoms with Crippen LogP contribution in [0.3, 0.4) is 0 Å². The van der Waals surface area contributed by atoms with Crippen LogP contribution in [0, 0.1) is 13.8 Å². The van der Waals surface area contributed by atoms with E-state index in [1.165, 1.54) is 11.1 Å². The molecule has 0 spiro atoms. The molecule has 0 aliphatic rings. The van der Waals surface area contributed by atoms with Crippen molar-refractivity contribution in [2.75, 3.05) is 13.4 Å².